The van der Waals surface area contributed by atoms with Gasteiger partial charge in [-0.05, 0) is 35.4 Å². The Morgan fingerprint density at radius 2 is 1.42 bits per heavy atom. The third-order valence-corrected chi connectivity index (χ3v) is 11.0. The van der Waals surface area contributed by atoms with Gasteiger partial charge in [0.2, 0.25) is 11.6 Å². The summed E-state index contributed by atoms with van der Waals surface area (Å²) in [5, 5.41) is 10.4. The number of carbonyl (C=O) groups excluding carboxylic acids is 2. The van der Waals surface area contributed by atoms with Gasteiger partial charge in [0, 0.05) is 12.3 Å². The first-order valence-corrected chi connectivity index (χ1v) is 16.0. The molecule has 4 aromatic rings. The van der Waals surface area contributed by atoms with Crippen LogP contribution in [0, 0.1) is 35.0 Å². The lowest BCUT2D eigenvalue weighted by atomic mass is 9.66. The molecule has 1 saturated carbocycles. The lowest BCUT2D eigenvalue weighted by molar-refractivity contribution is -0.122. The van der Waals surface area contributed by atoms with Crippen molar-refractivity contribution in [3.8, 4) is 22.9 Å². The van der Waals surface area contributed by atoms with Crippen LogP contribution < -0.4 is 25.8 Å². The van der Waals surface area contributed by atoms with Gasteiger partial charge in [-0.1, -0.05) is 36.4 Å². The predicted molar refractivity (Wildman–Crippen MR) is 176 cm³/mol. The van der Waals surface area contributed by atoms with E-state index in [4.69, 9.17) is 32.7 Å². The molecule has 2 amide bonds. The van der Waals surface area contributed by atoms with Gasteiger partial charge in [-0.15, -0.1) is 23.2 Å². The number of amides is 2. The molecule has 0 unspecified atom stereocenters. The molecule has 0 bridgehead atoms. The number of phenolic OH excluding ortho intramolecular Hbond substituents is 1. The van der Waals surface area contributed by atoms with E-state index in [0.717, 1.165) is 13.9 Å². The quantitative estimate of drug-likeness (QED) is 0.0735. The standard InChI is InChI=1S/C34H23Cl2F5N4O7/c1-51-20-12-15(13-21(52-2)28(20)46)8-9-18-17-10-11-42-31(49)43(16-6-4-3-5-7-16)32(50)45(42)19(17)14-33(35)29(47)44(30(48)34(18,33)36)27-25(40)23(38)22(37)24(39)26(27)41/h3-10,12-13,18-19,46H,11,14H2,1-2H3/t18-,19+,33+,34-/m0/s1. The first-order chi connectivity index (χ1) is 24.6. The van der Waals surface area contributed by atoms with Crippen LogP contribution in [0.1, 0.15) is 18.0 Å². The number of allylic oxidation sites excluding steroid dienone is 3. The molecule has 1 aromatic heterocycles. The zero-order valence-corrected chi connectivity index (χ0v) is 28.2. The summed E-state index contributed by atoms with van der Waals surface area (Å²) in [5.41, 5.74) is -2.91. The number of imide groups is 1. The molecule has 3 heterocycles. The number of fused-ring (bicyclic) bond motifs is 4. The summed E-state index contributed by atoms with van der Waals surface area (Å²) < 4.78 is 86.7. The van der Waals surface area contributed by atoms with Crippen molar-refractivity contribution in [1.29, 1.82) is 0 Å². The second-order valence-electron chi connectivity index (χ2n) is 12.1. The van der Waals surface area contributed by atoms with Crippen LogP contribution in [0.4, 0.5) is 27.6 Å². The highest BCUT2D eigenvalue weighted by molar-refractivity contribution is 6.58. The van der Waals surface area contributed by atoms with Crippen molar-refractivity contribution in [3.05, 3.63) is 116 Å². The van der Waals surface area contributed by atoms with E-state index < -0.39 is 86.1 Å². The largest absolute Gasteiger partial charge is 0.502 e. The maximum absolute atomic E-state index is 15.2. The summed E-state index contributed by atoms with van der Waals surface area (Å²) in [6, 6.07) is 9.27. The summed E-state index contributed by atoms with van der Waals surface area (Å²) in [6.07, 6.45) is 3.36. The highest BCUT2D eigenvalue weighted by Crippen LogP contribution is 2.61. The number of nitrogens with zero attached hydrogens (tertiary/aromatic N) is 4. The highest BCUT2D eigenvalue weighted by Gasteiger charge is 2.75. The van der Waals surface area contributed by atoms with E-state index in [1.807, 2.05) is 0 Å². The van der Waals surface area contributed by atoms with Crippen LogP contribution in [0.3, 0.4) is 0 Å². The fraction of sp³-hybridized carbons (Fsp3) is 0.235. The SMILES string of the molecule is COc1cc(C=C[C@H]2C3=CCn4c(=O)n(-c5ccccc5)c(=O)n4[C@@H]3C[C@@]3(Cl)C(=O)N(c4c(F)c(F)c(F)c(F)c4F)C(=O)[C@@]23Cl)cc(OC)c1O. The monoisotopic (exact) mass is 764 g/mol. The van der Waals surface area contributed by atoms with Crippen LogP contribution in [0.5, 0.6) is 17.2 Å². The van der Waals surface area contributed by atoms with E-state index in [2.05, 4.69) is 0 Å². The molecule has 270 valence electrons. The van der Waals surface area contributed by atoms with Gasteiger partial charge >= 0.3 is 11.4 Å². The minimum atomic E-state index is -2.72. The van der Waals surface area contributed by atoms with E-state index in [1.54, 1.807) is 18.2 Å². The van der Waals surface area contributed by atoms with Gasteiger partial charge in [0.05, 0.1) is 32.5 Å². The maximum atomic E-state index is 15.2. The molecule has 1 aliphatic carbocycles. The number of alkyl halides is 2. The number of anilines is 1. The number of hydrogen-bond donors (Lipinski definition) is 1. The number of hydrogen-bond acceptors (Lipinski definition) is 7. The van der Waals surface area contributed by atoms with Crippen LogP contribution in [-0.2, 0) is 16.1 Å². The molecule has 0 spiro atoms. The van der Waals surface area contributed by atoms with Crippen molar-refractivity contribution >= 4 is 46.8 Å². The van der Waals surface area contributed by atoms with Gasteiger partial charge in [-0.25, -0.2) is 50.4 Å². The van der Waals surface area contributed by atoms with E-state index in [9.17, 15) is 37.5 Å². The van der Waals surface area contributed by atoms with Gasteiger partial charge < -0.3 is 14.6 Å². The van der Waals surface area contributed by atoms with E-state index in [0.29, 0.717) is 0 Å². The zero-order chi connectivity index (χ0) is 37.6. The number of phenols is 1. The normalized spacial score (nSPS) is 23.8. The number of rotatable bonds is 6. The number of para-hydroxylation sites is 1. The van der Waals surface area contributed by atoms with Gasteiger partial charge in [0.25, 0.3) is 11.8 Å². The lowest BCUT2D eigenvalue weighted by Gasteiger charge is -2.47. The number of ether oxygens (including phenoxy) is 2. The first-order valence-electron chi connectivity index (χ1n) is 15.2. The molecule has 1 N–H and O–H groups in total. The lowest BCUT2D eigenvalue weighted by Crippen LogP contribution is -2.60. The molecule has 3 aliphatic rings. The molecule has 1 saturated heterocycles. The van der Waals surface area contributed by atoms with Crippen molar-refractivity contribution < 1.29 is 46.1 Å². The smallest absolute Gasteiger partial charge is 0.352 e. The Morgan fingerprint density at radius 1 is 0.846 bits per heavy atom. The average molecular weight is 765 g/mol. The molecule has 4 atom stereocenters. The second-order valence-corrected chi connectivity index (χ2v) is 13.3. The van der Waals surface area contributed by atoms with Gasteiger partial charge in [-0.2, -0.15) is 0 Å². The Labute approximate surface area is 298 Å². The minimum Gasteiger partial charge on any atom is -0.502 e. The Bertz CT molecular complexity index is 2360. The van der Waals surface area contributed by atoms with Crippen molar-refractivity contribution in [3.63, 3.8) is 0 Å². The molecular formula is C34H23Cl2F5N4O7. The molecule has 0 radical (unpaired) electrons. The fourth-order valence-corrected chi connectivity index (χ4v) is 7.96. The van der Waals surface area contributed by atoms with E-state index in [1.165, 1.54) is 56.7 Å². The fourth-order valence-electron chi connectivity index (χ4n) is 7.09. The van der Waals surface area contributed by atoms with Crippen molar-refractivity contribution in [1.82, 2.24) is 13.9 Å². The van der Waals surface area contributed by atoms with Crippen LogP contribution in [0.25, 0.3) is 11.8 Å². The van der Waals surface area contributed by atoms with Crippen molar-refractivity contribution in [2.24, 2.45) is 5.92 Å². The highest BCUT2D eigenvalue weighted by atomic mass is 35.5. The number of halogens is 7. The molecule has 2 aliphatic heterocycles. The molecule has 2 fully saturated rings. The number of carbonyl (C=O) groups is 2. The number of aromatic hydroxyl groups is 1. The number of benzene rings is 3. The van der Waals surface area contributed by atoms with Crippen molar-refractivity contribution in [2.45, 2.75) is 28.8 Å². The average Bonchev–Trinajstić information content (AvgIpc) is 3.48. The molecular weight excluding hydrogens is 742 g/mol. The van der Waals surface area contributed by atoms with Gasteiger partial charge in [0.1, 0.15) is 5.69 Å². The summed E-state index contributed by atoms with van der Waals surface area (Å²) in [7, 11) is 2.54. The van der Waals surface area contributed by atoms with Crippen LogP contribution in [0.2, 0.25) is 0 Å². The van der Waals surface area contributed by atoms with Crippen LogP contribution in [0.15, 0.2) is 69.8 Å². The molecule has 52 heavy (non-hydrogen) atoms. The molecule has 11 nitrogen and oxygen atoms in total. The summed E-state index contributed by atoms with van der Waals surface area (Å²) in [5.74, 6) is -17.6. The second kappa shape index (κ2) is 12.1. The van der Waals surface area contributed by atoms with E-state index in [-0.39, 0.29) is 45.5 Å². The predicted octanol–water partition coefficient (Wildman–Crippen LogP) is 4.96. The minimum absolute atomic E-state index is 0.0351. The van der Waals surface area contributed by atoms with Crippen LogP contribution in [-0.4, -0.2) is 54.8 Å². The Kier molecular flexibility index (Phi) is 8.17. The summed E-state index contributed by atoms with van der Waals surface area (Å²) in [4.78, 5) is 50.4. The Balaban J connectivity index is 1.46. The topological polar surface area (TPSA) is 125 Å². The molecule has 3 aromatic carbocycles. The third-order valence-electron chi connectivity index (χ3n) is 9.54. The number of methoxy groups -OCH3 is 2. The maximum Gasteiger partial charge on any atom is 0.352 e. The Morgan fingerprint density at radius 3 is 2.00 bits per heavy atom. The first kappa shape index (κ1) is 35.1. The zero-order valence-electron chi connectivity index (χ0n) is 26.7. The van der Waals surface area contributed by atoms with E-state index >= 15 is 8.78 Å². The molecule has 7 rings (SSSR count). The third kappa shape index (κ3) is 4.56. The van der Waals surface area contributed by atoms with Gasteiger partial charge in [-0.3, -0.25) is 9.59 Å². The van der Waals surface area contributed by atoms with Crippen molar-refractivity contribution in [2.75, 3.05) is 19.1 Å². The summed E-state index contributed by atoms with van der Waals surface area (Å²) >= 11 is 14.1. The van der Waals surface area contributed by atoms with Crippen LogP contribution >= 0.6 is 23.2 Å². The Hall–Kier alpha value is -5.35. The number of aromatic nitrogens is 3. The summed E-state index contributed by atoms with van der Waals surface area (Å²) in [6.45, 7) is -0.253. The molecule has 18 heteroatoms. The van der Waals surface area contributed by atoms with Gasteiger partial charge in [0.15, 0.2) is 44.5 Å².